The molecule has 0 atom stereocenters. The Kier molecular flexibility index (Phi) is 10.6. The monoisotopic (exact) mass is 194 g/mol. The molecule has 0 saturated heterocycles. The molecule has 0 spiro atoms. The van der Waals surface area contributed by atoms with Gasteiger partial charge in [-0.05, 0) is 18.2 Å². The van der Waals surface area contributed by atoms with Crippen LogP contribution in [-0.2, 0) is 4.74 Å². The highest BCUT2D eigenvalue weighted by Gasteiger charge is 1.83. The molecule has 4 nitrogen and oxygen atoms in total. The number of nitrogens with zero attached hydrogens (tertiary/aromatic N) is 1. The molecule has 1 aromatic heterocycles. The highest BCUT2D eigenvalue weighted by atomic mass is 16.5. The van der Waals surface area contributed by atoms with Gasteiger partial charge in [-0.3, -0.25) is 4.98 Å². The van der Waals surface area contributed by atoms with E-state index in [2.05, 4.69) is 4.98 Å². The lowest BCUT2D eigenvalue weighted by molar-refractivity contribution is 0.281. The summed E-state index contributed by atoms with van der Waals surface area (Å²) >= 11 is 0. The summed E-state index contributed by atoms with van der Waals surface area (Å²) in [6.07, 6.45) is 8.35. The van der Waals surface area contributed by atoms with Gasteiger partial charge >= 0.3 is 7.69 Å². The molecular weight excluding hydrogens is 181 g/mol. The smallest absolute Gasteiger partial charge is 0.482 e. The minimum absolute atomic E-state index is 0. The number of rotatable bonds is 0. The molecule has 1 aromatic rings. The van der Waals surface area contributed by atoms with Crippen LogP contribution in [0.15, 0.2) is 42.9 Å². The molecule has 2 rings (SSSR count). The largest absolute Gasteiger partial charge is 0.501 e. The van der Waals surface area contributed by atoms with Crippen molar-refractivity contribution < 1.29 is 14.8 Å². The Labute approximate surface area is 84.2 Å². The predicted molar refractivity (Wildman–Crippen MR) is 54.1 cm³/mol. The van der Waals surface area contributed by atoms with E-state index in [1.807, 2.05) is 24.3 Å². The lowest BCUT2D eigenvalue weighted by atomic mass is 10.5. The van der Waals surface area contributed by atoms with Crippen molar-refractivity contribution in [3.63, 3.8) is 0 Å². The summed E-state index contributed by atoms with van der Waals surface area (Å²) in [6.45, 7) is 0.889. The number of hydrogen-bond donors (Lipinski definition) is 2. The first-order valence-corrected chi connectivity index (χ1v) is 4.13. The molecule has 1 aliphatic heterocycles. The third kappa shape index (κ3) is 10.7. The highest BCUT2D eigenvalue weighted by Crippen LogP contribution is 1.93. The zero-order valence-corrected chi connectivity index (χ0v) is 7.78. The van der Waals surface area contributed by atoms with Crippen molar-refractivity contribution >= 4 is 7.69 Å². The van der Waals surface area contributed by atoms with Crippen LogP contribution >= 0.6 is 0 Å². The average Bonchev–Trinajstić information content (AvgIpc) is 2.80. The molecule has 5 heteroatoms. The van der Waals surface area contributed by atoms with Gasteiger partial charge in [0.05, 0.1) is 12.9 Å². The number of pyridine rings is 1. The zero-order valence-electron chi connectivity index (χ0n) is 7.78. The van der Waals surface area contributed by atoms with Crippen molar-refractivity contribution in [2.45, 2.75) is 6.42 Å². The van der Waals surface area contributed by atoms with Crippen LogP contribution in [-0.4, -0.2) is 29.3 Å². The van der Waals surface area contributed by atoms with Crippen LogP contribution in [0.1, 0.15) is 6.42 Å². The number of aromatic nitrogens is 1. The summed E-state index contributed by atoms with van der Waals surface area (Å²) in [5.74, 6) is 0. The minimum atomic E-state index is 0. The molecule has 0 aromatic carbocycles. The maximum atomic E-state index is 7.00. The Hall–Kier alpha value is -1.33. The lowest BCUT2D eigenvalue weighted by Crippen LogP contribution is -1.75. The Morgan fingerprint density at radius 2 is 1.79 bits per heavy atom. The van der Waals surface area contributed by atoms with Crippen molar-refractivity contribution in [2.75, 3.05) is 6.61 Å². The van der Waals surface area contributed by atoms with E-state index in [0.717, 1.165) is 13.0 Å². The number of hydrogen-bond acceptors (Lipinski definition) is 4. The SMILES string of the molecule is C1=COCC1.O[B]O.c1ccncc1. The molecule has 1 radical (unpaired) electrons. The van der Waals surface area contributed by atoms with Gasteiger partial charge in [-0.15, -0.1) is 0 Å². The van der Waals surface area contributed by atoms with Crippen molar-refractivity contribution in [1.29, 1.82) is 0 Å². The fourth-order valence-electron chi connectivity index (χ4n) is 0.653. The highest BCUT2D eigenvalue weighted by molar-refractivity contribution is 6.13. The standard InChI is InChI=1S/C5H5N.C4H6O.BH2O2/c1-2-4-6-5-3-1;1-2-4-5-3-1;2-1-3/h1-5H;1,3H,2,4H2;2-3H. The van der Waals surface area contributed by atoms with E-state index >= 15 is 0 Å². The summed E-state index contributed by atoms with van der Waals surface area (Å²) in [5.41, 5.74) is 0. The first-order chi connectivity index (χ1) is 6.91. The van der Waals surface area contributed by atoms with Gasteiger partial charge in [0.15, 0.2) is 0 Å². The van der Waals surface area contributed by atoms with Crippen molar-refractivity contribution in [3.8, 4) is 0 Å². The first-order valence-electron chi connectivity index (χ1n) is 4.13. The van der Waals surface area contributed by atoms with Crippen molar-refractivity contribution in [1.82, 2.24) is 4.98 Å². The topological polar surface area (TPSA) is 62.6 Å². The molecule has 75 valence electrons. The van der Waals surface area contributed by atoms with Gasteiger partial charge in [-0.2, -0.15) is 0 Å². The Bertz CT molecular complexity index is 186. The first kappa shape index (κ1) is 12.7. The molecule has 2 heterocycles. The molecule has 0 aliphatic carbocycles. The van der Waals surface area contributed by atoms with Crippen LogP contribution in [0.3, 0.4) is 0 Å². The normalized spacial score (nSPS) is 11.3. The van der Waals surface area contributed by atoms with Gasteiger partial charge < -0.3 is 14.8 Å². The minimum Gasteiger partial charge on any atom is -0.501 e. The summed E-state index contributed by atoms with van der Waals surface area (Å²) in [6, 6.07) is 5.72. The Balaban J connectivity index is 0.000000193. The quantitative estimate of drug-likeness (QED) is 0.590. The zero-order chi connectivity index (χ0) is 10.5. The second kappa shape index (κ2) is 11.7. The molecular formula is C9H13BNO3. The van der Waals surface area contributed by atoms with E-state index in [0.29, 0.717) is 0 Å². The van der Waals surface area contributed by atoms with Crippen LogP contribution in [0.4, 0.5) is 0 Å². The maximum absolute atomic E-state index is 7.00. The fourth-order valence-corrected chi connectivity index (χ4v) is 0.653. The molecule has 14 heavy (non-hydrogen) atoms. The van der Waals surface area contributed by atoms with Gasteiger partial charge in [0, 0.05) is 18.8 Å². The van der Waals surface area contributed by atoms with E-state index in [9.17, 15) is 0 Å². The molecule has 0 amide bonds. The maximum Gasteiger partial charge on any atom is 0.482 e. The van der Waals surface area contributed by atoms with Crippen LogP contribution in [0.25, 0.3) is 0 Å². The molecule has 0 fully saturated rings. The molecule has 0 unspecified atom stereocenters. The summed E-state index contributed by atoms with van der Waals surface area (Å²) in [4.78, 5) is 3.78. The Morgan fingerprint density at radius 3 is 1.93 bits per heavy atom. The van der Waals surface area contributed by atoms with E-state index in [1.54, 1.807) is 18.7 Å². The van der Waals surface area contributed by atoms with Crippen LogP contribution in [0.5, 0.6) is 0 Å². The molecule has 2 N–H and O–H groups in total. The van der Waals surface area contributed by atoms with Crippen LogP contribution in [0.2, 0.25) is 0 Å². The van der Waals surface area contributed by atoms with Gasteiger partial charge in [-0.1, -0.05) is 6.07 Å². The van der Waals surface area contributed by atoms with Gasteiger partial charge in [-0.25, -0.2) is 0 Å². The van der Waals surface area contributed by atoms with Gasteiger partial charge in [0.2, 0.25) is 0 Å². The van der Waals surface area contributed by atoms with Crippen molar-refractivity contribution in [3.05, 3.63) is 42.9 Å². The predicted octanol–water partition coefficient (Wildman–Crippen LogP) is 0.507. The fraction of sp³-hybridized carbons (Fsp3) is 0.222. The van der Waals surface area contributed by atoms with E-state index in [-0.39, 0.29) is 7.69 Å². The average molecular weight is 194 g/mol. The van der Waals surface area contributed by atoms with E-state index in [1.165, 1.54) is 0 Å². The summed E-state index contributed by atoms with van der Waals surface area (Å²) < 4.78 is 4.76. The Morgan fingerprint density at radius 1 is 1.14 bits per heavy atom. The van der Waals surface area contributed by atoms with E-state index in [4.69, 9.17) is 14.8 Å². The molecule has 1 aliphatic rings. The molecule has 0 bridgehead atoms. The van der Waals surface area contributed by atoms with Crippen LogP contribution in [0, 0.1) is 0 Å². The van der Waals surface area contributed by atoms with Gasteiger partial charge in [0.25, 0.3) is 0 Å². The van der Waals surface area contributed by atoms with Crippen LogP contribution < -0.4 is 0 Å². The summed E-state index contributed by atoms with van der Waals surface area (Å²) in [5, 5.41) is 14.0. The molecule has 0 saturated carbocycles. The van der Waals surface area contributed by atoms with Gasteiger partial charge in [0.1, 0.15) is 0 Å². The number of ether oxygens (including phenoxy) is 1. The summed E-state index contributed by atoms with van der Waals surface area (Å²) in [7, 11) is 0. The third-order valence-electron chi connectivity index (χ3n) is 1.16. The van der Waals surface area contributed by atoms with E-state index < -0.39 is 0 Å². The second-order valence-electron chi connectivity index (χ2n) is 2.17. The van der Waals surface area contributed by atoms with Crippen molar-refractivity contribution in [2.24, 2.45) is 0 Å². The second-order valence-corrected chi connectivity index (χ2v) is 2.17. The lowest BCUT2D eigenvalue weighted by Gasteiger charge is -1.79. The third-order valence-corrected chi connectivity index (χ3v) is 1.16.